The molecule has 6 aromatic carbocycles. The molecule has 0 amide bonds. The van der Waals surface area contributed by atoms with E-state index in [-0.39, 0.29) is 55.6 Å². The Kier molecular flexibility index (Phi) is 12.0. The first-order valence-electron chi connectivity index (χ1n) is 18.8. The molecular formula is C49H30B2N6Pt2. The molecule has 282 valence electrons. The topological polar surface area (TPSA) is 69.4 Å². The molecule has 10 aromatic rings. The summed E-state index contributed by atoms with van der Waals surface area (Å²) in [5.41, 5.74) is 11.6. The number of aromatic nitrogens is 6. The van der Waals surface area contributed by atoms with Crippen molar-refractivity contribution in [2.24, 2.45) is 0 Å². The van der Waals surface area contributed by atoms with Crippen LogP contribution in [0.4, 0.5) is 0 Å². The van der Waals surface area contributed by atoms with Gasteiger partial charge in [-0.1, -0.05) is 107 Å². The summed E-state index contributed by atoms with van der Waals surface area (Å²) in [5, 5.41) is 2.05. The first-order valence-corrected chi connectivity index (χ1v) is 18.8. The fourth-order valence-corrected chi connectivity index (χ4v) is 7.78. The molecule has 4 heterocycles. The molecule has 59 heavy (non-hydrogen) atoms. The van der Waals surface area contributed by atoms with Crippen LogP contribution in [0.25, 0.3) is 50.3 Å². The van der Waals surface area contributed by atoms with Crippen LogP contribution in [0.15, 0.2) is 183 Å². The van der Waals surface area contributed by atoms with Crippen LogP contribution >= 0.6 is 0 Å². The maximum Gasteiger partial charge on any atom is 2.00 e. The van der Waals surface area contributed by atoms with E-state index in [0.717, 1.165) is 77.1 Å². The molecule has 10 rings (SSSR count). The number of hydrogen-bond acceptors (Lipinski definition) is 5. The Balaban J connectivity index is 0.00000242. The third-order valence-electron chi connectivity index (χ3n) is 10.3. The Morgan fingerprint density at radius 3 is 1.27 bits per heavy atom. The summed E-state index contributed by atoms with van der Waals surface area (Å²) in [6, 6.07) is 69.4. The van der Waals surface area contributed by atoms with E-state index in [2.05, 4.69) is 163 Å². The first-order chi connectivity index (χ1) is 28.3. The second kappa shape index (κ2) is 17.8. The van der Waals surface area contributed by atoms with Crippen LogP contribution in [0, 0.1) is 24.3 Å². The van der Waals surface area contributed by atoms with Gasteiger partial charge in [-0.25, -0.2) is 15.0 Å². The van der Waals surface area contributed by atoms with Crippen molar-refractivity contribution in [3.05, 3.63) is 207 Å². The van der Waals surface area contributed by atoms with Gasteiger partial charge in [-0.05, 0) is 23.5 Å². The molecule has 4 aromatic heterocycles. The summed E-state index contributed by atoms with van der Waals surface area (Å²) in [6.45, 7) is -0.319. The van der Waals surface area contributed by atoms with Crippen molar-refractivity contribution >= 4 is 68.0 Å². The van der Waals surface area contributed by atoms with Crippen molar-refractivity contribution in [2.75, 3.05) is 0 Å². The molecule has 0 atom stereocenters. The van der Waals surface area contributed by atoms with E-state index in [1.54, 1.807) is 0 Å². The maximum absolute atomic E-state index is 4.67. The zero-order valence-corrected chi connectivity index (χ0v) is 35.8. The third kappa shape index (κ3) is 7.91. The van der Waals surface area contributed by atoms with Crippen LogP contribution < -0.4 is 32.8 Å². The number of benzene rings is 6. The SMILES string of the molecule is [Pt+2].[Pt+2].[c-]1c(B(c2[c-]c3c(cc2)c2ccc(B(c4[c-]c(-c5ccccn5)ccc4)c4ccccc4)[c-]c2n3-c2ncncn2)c2ccccc2)cccc1-c1ccccn1. The van der Waals surface area contributed by atoms with Crippen molar-refractivity contribution in [3.8, 4) is 28.5 Å². The molecular weight excluding hydrogens is 1080 g/mol. The van der Waals surface area contributed by atoms with E-state index in [1.165, 1.54) is 12.7 Å². The minimum Gasteiger partial charge on any atom is -0.328 e. The maximum atomic E-state index is 4.67. The molecule has 0 radical (unpaired) electrons. The molecule has 0 bridgehead atoms. The van der Waals surface area contributed by atoms with Crippen molar-refractivity contribution in [1.29, 1.82) is 0 Å². The zero-order valence-electron chi connectivity index (χ0n) is 31.3. The molecule has 0 aliphatic carbocycles. The second-order valence-electron chi connectivity index (χ2n) is 13.8. The standard InChI is InChI=1S/C49H30B2N6.2Pt/c1-3-15-37(16-4-1)50(39-19-11-13-35(29-39)45-21-7-9-27-53-45)41-23-25-43-44-26-24-42(32-48(44)57(47(43)31-41)49-55-33-52-34-56-49)51(38-17-5-2-6-18-38)40-20-12-14-36(30-40)46-22-8-10-28-54-46;;/h1-28,33-34H;;/q-4;2*+2. The summed E-state index contributed by atoms with van der Waals surface area (Å²) in [6.07, 6.45) is 6.69. The summed E-state index contributed by atoms with van der Waals surface area (Å²) in [4.78, 5) is 22.7. The van der Waals surface area contributed by atoms with Gasteiger partial charge in [0.25, 0.3) is 0 Å². The van der Waals surface area contributed by atoms with Crippen molar-refractivity contribution in [2.45, 2.75) is 0 Å². The average Bonchev–Trinajstić information content (AvgIpc) is 3.61. The number of hydrogen-bond donors (Lipinski definition) is 0. The van der Waals surface area contributed by atoms with E-state index in [0.29, 0.717) is 5.95 Å². The molecule has 0 spiro atoms. The second-order valence-corrected chi connectivity index (χ2v) is 13.8. The Labute approximate surface area is 372 Å². The molecule has 0 aliphatic heterocycles. The molecule has 0 aliphatic rings. The molecule has 0 N–H and O–H groups in total. The van der Waals surface area contributed by atoms with E-state index >= 15 is 0 Å². The van der Waals surface area contributed by atoms with Crippen LogP contribution in [0.2, 0.25) is 0 Å². The van der Waals surface area contributed by atoms with Gasteiger partial charge in [0.05, 0.1) is 0 Å². The number of nitrogens with zero attached hydrogens (tertiary/aromatic N) is 6. The predicted molar refractivity (Wildman–Crippen MR) is 231 cm³/mol. The molecule has 10 heteroatoms. The van der Waals surface area contributed by atoms with Crippen LogP contribution in [0.5, 0.6) is 0 Å². The molecule has 6 nitrogen and oxygen atoms in total. The van der Waals surface area contributed by atoms with E-state index in [1.807, 2.05) is 60.9 Å². The van der Waals surface area contributed by atoms with Crippen molar-refractivity contribution in [1.82, 2.24) is 29.5 Å². The van der Waals surface area contributed by atoms with Gasteiger partial charge in [0.2, 0.25) is 5.95 Å². The van der Waals surface area contributed by atoms with Crippen LogP contribution in [-0.4, -0.2) is 42.9 Å². The fourth-order valence-electron chi connectivity index (χ4n) is 7.78. The van der Waals surface area contributed by atoms with E-state index in [9.17, 15) is 0 Å². The number of fused-ring (bicyclic) bond motifs is 3. The molecule has 0 saturated carbocycles. The van der Waals surface area contributed by atoms with Gasteiger partial charge in [0.1, 0.15) is 12.7 Å². The molecule has 0 saturated heterocycles. The first kappa shape index (κ1) is 39.7. The normalized spacial score (nSPS) is 10.8. The van der Waals surface area contributed by atoms with Gasteiger partial charge in [0, 0.05) is 12.4 Å². The Morgan fingerprint density at radius 1 is 0.390 bits per heavy atom. The van der Waals surface area contributed by atoms with Crippen LogP contribution in [0.3, 0.4) is 0 Å². The van der Waals surface area contributed by atoms with Crippen molar-refractivity contribution < 1.29 is 42.1 Å². The third-order valence-corrected chi connectivity index (χ3v) is 10.3. The van der Waals surface area contributed by atoms with Crippen LogP contribution in [-0.2, 0) is 42.1 Å². The Bertz CT molecular complexity index is 2790. The fraction of sp³-hybridized carbons (Fsp3) is 0. The smallest absolute Gasteiger partial charge is 0.328 e. The average molecular weight is 1110 g/mol. The summed E-state index contributed by atoms with van der Waals surface area (Å²) < 4.78 is 2.06. The minimum atomic E-state index is -0.159. The zero-order chi connectivity index (χ0) is 38.0. The van der Waals surface area contributed by atoms with Crippen LogP contribution in [0.1, 0.15) is 0 Å². The largest absolute Gasteiger partial charge is 2.00 e. The van der Waals surface area contributed by atoms with Gasteiger partial charge in [0.15, 0.2) is 13.4 Å². The summed E-state index contributed by atoms with van der Waals surface area (Å²) in [7, 11) is 0. The Morgan fingerprint density at radius 2 is 0.831 bits per heavy atom. The Hall–Kier alpha value is -6.06. The van der Waals surface area contributed by atoms with Gasteiger partial charge in [-0.15, -0.1) is 59.7 Å². The van der Waals surface area contributed by atoms with E-state index < -0.39 is 0 Å². The monoisotopic (exact) mass is 1110 g/mol. The number of rotatable bonds is 9. The summed E-state index contributed by atoms with van der Waals surface area (Å²) >= 11 is 0. The van der Waals surface area contributed by atoms with Crippen molar-refractivity contribution in [3.63, 3.8) is 0 Å². The predicted octanol–water partition coefficient (Wildman–Crippen LogP) is 5.32. The van der Waals surface area contributed by atoms with E-state index in [4.69, 9.17) is 0 Å². The molecule has 0 unspecified atom stereocenters. The van der Waals surface area contributed by atoms with Gasteiger partial charge in [-0.3, -0.25) is 0 Å². The summed E-state index contributed by atoms with van der Waals surface area (Å²) in [5.74, 6) is 0.492. The van der Waals surface area contributed by atoms with Gasteiger partial charge < -0.3 is 14.5 Å². The molecule has 0 fully saturated rings. The van der Waals surface area contributed by atoms with Gasteiger partial charge >= 0.3 is 42.1 Å². The minimum absolute atomic E-state index is 0. The number of pyridine rings is 2. The van der Waals surface area contributed by atoms with Gasteiger partial charge in [-0.2, -0.15) is 69.0 Å². The quantitative estimate of drug-likeness (QED) is 0.145.